The number of carbonyl (C=O) groups is 1. The van der Waals surface area contributed by atoms with Crippen LogP contribution in [0.5, 0.6) is 28.7 Å². The van der Waals surface area contributed by atoms with Crippen LogP contribution in [0.25, 0.3) is 11.8 Å². The van der Waals surface area contributed by atoms with Crippen LogP contribution >= 0.6 is 0 Å². The number of nitrogens with zero attached hydrogens (tertiary/aromatic N) is 6. The maximum Gasteiger partial charge on any atom is 0.331 e. The normalized spacial score (nSPS) is 12.4. The zero-order valence-corrected chi connectivity index (χ0v) is 24.6. The van der Waals surface area contributed by atoms with Crippen molar-refractivity contribution in [2.24, 2.45) is 0 Å². The van der Waals surface area contributed by atoms with Gasteiger partial charge in [-0.25, -0.2) is 14.5 Å². The molecule has 0 unspecified atom stereocenters. The molecular formula is C30H34N6O7. The molecule has 0 saturated heterocycles. The zero-order valence-electron chi connectivity index (χ0n) is 24.6. The van der Waals surface area contributed by atoms with Gasteiger partial charge in [-0.15, -0.1) is 5.10 Å². The lowest BCUT2D eigenvalue weighted by Gasteiger charge is -2.17. The Morgan fingerprint density at radius 3 is 2.60 bits per heavy atom. The summed E-state index contributed by atoms with van der Waals surface area (Å²) in [6.07, 6.45) is 5.93. The molecule has 0 amide bonds. The highest BCUT2D eigenvalue weighted by molar-refractivity contribution is 5.92. The lowest BCUT2D eigenvalue weighted by molar-refractivity contribution is -0.132. The van der Waals surface area contributed by atoms with E-state index in [1.54, 1.807) is 42.3 Å². The lowest BCUT2D eigenvalue weighted by Crippen LogP contribution is -2.11. The van der Waals surface area contributed by atoms with Crippen LogP contribution in [0.3, 0.4) is 0 Å². The first-order chi connectivity index (χ1) is 20.9. The van der Waals surface area contributed by atoms with E-state index in [0.29, 0.717) is 64.5 Å². The van der Waals surface area contributed by atoms with Gasteiger partial charge in [0.1, 0.15) is 29.7 Å². The van der Waals surface area contributed by atoms with Gasteiger partial charge in [0.2, 0.25) is 6.79 Å². The van der Waals surface area contributed by atoms with Crippen molar-refractivity contribution in [3.8, 4) is 34.4 Å². The van der Waals surface area contributed by atoms with Gasteiger partial charge in [-0.3, -0.25) is 4.57 Å². The molecule has 4 aromatic rings. The standard InChI is InChI=1S/C30H34N6O7/c1-5-7-8-28-31-16-21(12-20(30(37)38)11-19-13-26-27(43-18-42-26)15-24(19)40-4)36(28)23-10-9-22(39-3)14-25(23)41-17-29-32-33-34-35(29)6-2/h9-10,12-16H,5-8,11,17-18H2,1-4H3,(H,37,38)/b20-12+. The molecule has 0 atom stereocenters. The van der Waals surface area contributed by atoms with E-state index in [1.165, 1.54) is 7.11 Å². The fourth-order valence-electron chi connectivity index (χ4n) is 4.80. The topological polar surface area (TPSA) is 145 Å². The van der Waals surface area contributed by atoms with Crippen molar-refractivity contribution in [3.05, 3.63) is 65.0 Å². The molecule has 3 heterocycles. The molecule has 0 spiro atoms. The number of fused-ring (bicyclic) bond motifs is 1. The maximum absolute atomic E-state index is 12.6. The number of rotatable bonds is 14. The number of tetrazole rings is 1. The Hall–Kier alpha value is -5.07. The molecule has 2 aromatic carbocycles. The summed E-state index contributed by atoms with van der Waals surface area (Å²) in [7, 11) is 3.11. The Labute approximate surface area is 248 Å². The van der Waals surface area contributed by atoms with Crippen molar-refractivity contribution < 1.29 is 33.6 Å². The van der Waals surface area contributed by atoms with Crippen LogP contribution < -0.4 is 23.7 Å². The zero-order chi connectivity index (χ0) is 30.3. The number of carboxylic acid groups (broad SMARTS) is 1. The monoisotopic (exact) mass is 590 g/mol. The first kappa shape index (κ1) is 29.4. The van der Waals surface area contributed by atoms with Gasteiger partial charge in [0.05, 0.1) is 31.8 Å². The highest BCUT2D eigenvalue weighted by Gasteiger charge is 2.22. The quantitative estimate of drug-likeness (QED) is 0.210. The van der Waals surface area contributed by atoms with E-state index in [-0.39, 0.29) is 25.4 Å². The van der Waals surface area contributed by atoms with Gasteiger partial charge in [-0.05, 0) is 48.0 Å². The predicted octanol–water partition coefficient (Wildman–Crippen LogP) is 4.26. The second-order valence-electron chi connectivity index (χ2n) is 9.74. The molecule has 226 valence electrons. The summed E-state index contributed by atoms with van der Waals surface area (Å²) in [4.78, 5) is 17.2. The molecule has 0 radical (unpaired) electrons. The van der Waals surface area contributed by atoms with Crippen molar-refractivity contribution >= 4 is 12.0 Å². The second kappa shape index (κ2) is 13.3. The van der Waals surface area contributed by atoms with Gasteiger partial charge >= 0.3 is 5.97 Å². The minimum absolute atomic E-state index is 0.0796. The minimum Gasteiger partial charge on any atom is -0.497 e. The minimum atomic E-state index is -1.07. The third-order valence-corrected chi connectivity index (χ3v) is 7.04. The molecule has 43 heavy (non-hydrogen) atoms. The number of aromatic nitrogens is 6. The van der Waals surface area contributed by atoms with Crippen molar-refractivity contribution in [2.45, 2.75) is 52.7 Å². The maximum atomic E-state index is 12.6. The van der Waals surface area contributed by atoms with Crippen LogP contribution in [0.2, 0.25) is 0 Å². The number of aryl methyl sites for hydroxylation is 2. The fourth-order valence-corrected chi connectivity index (χ4v) is 4.80. The summed E-state index contributed by atoms with van der Waals surface area (Å²) in [6, 6.07) is 8.93. The number of unbranched alkanes of at least 4 members (excludes halogenated alkanes) is 1. The Morgan fingerprint density at radius 2 is 1.88 bits per heavy atom. The third-order valence-electron chi connectivity index (χ3n) is 7.04. The van der Waals surface area contributed by atoms with Crippen LogP contribution in [0.15, 0.2) is 42.1 Å². The van der Waals surface area contributed by atoms with Crippen molar-refractivity contribution in [2.75, 3.05) is 21.0 Å². The SMILES string of the molecule is CCCCc1ncc(/C=C(\Cc2cc3c(cc2OC)OCO3)C(=O)O)n1-c1ccc(OC)cc1OCc1nnnn1CC. The molecule has 0 aliphatic carbocycles. The van der Waals surface area contributed by atoms with Crippen LogP contribution in [0.1, 0.15) is 49.6 Å². The van der Waals surface area contributed by atoms with Crippen LogP contribution in [0, 0.1) is 0 Å². The Balaban J connectivity index is 1.57. The van der Waals surface area contributed by atoms with Gasteiger partial charge in [0.15, 0.2) is 17.3 Å². The van der Waals surface area contributed by atoms with Gasteiger partial charge < -0.3 is 28.8 Å². The van der Waals surface area contributed by atoms with E-state index in [1.807, 2.05) is 23.6 Å². The summed E-state index contributed by atoms with van der Waals surface area (Å²) in [5, 5.41) is 22.1. The molecule has 1 aliphatic heterocycles. The lowest BCUT2D eigenvalue weighted by atomic mass is 10.0. The Bertz CT molecular complexity index is 1630. The van der Waals surface area contributed by atoms with Gasteiger partial charge in [0.25, 0.3) is 0 Å². The highest BCUT2D eigenvalue weighted by atomic mass is 16.7. The number of carboxylic acids is 1. The summed E-state index contributed by atoms with van der Waals surface area (Å²) in [5.74, 6) is 2.98. The average molecular weight is 591 g/mol. The van der Waals surface area contributed by atoms with Crippen LogP contribution in [-0.2, 0) is 30.8 Å². The first-order valence-electron chi connectivity index (χ1n) is 14.0. The summed E-state index contributed by atoms with van der Waals surface area (Å²) < 4.78 is 31.8. The molecule has 13 heteroatoms. The number of ether oxygens (including phenoxy) is 5. The molecular weight excluding hydrogens is 556 g/mol. The number of hydrogen-bond acceptors (Lipinski definition) is 10. The largest absolute Gasteiger partial charge is 0.497 e. The molecule has 1 N–H and O–H groups in total. The third kappa shape index (κ3) is 6.40. The smallest absolute Gasteiger partial charge is 0.331 e. The molecule has 13 nitrogen and oxygen atoms in total. The number of benzene rings is 2. The van der Waals surface area contributed by atoms with Crippen LogP contribution in [0.4, 0.5) is 0 Å². The number of aliphatic carboxylic acids is 1. The van der Waals surface area contributed by atoms with E-state index in [2.05, 4.69) is 22.4 Å². The number of methoxy groups -OCH3 is 2. The molecule has 0 fully saturated rings. The van der Waals surface area contributed by atoms with E-state index < -0.39 is 5.97 Å². The molecule has 0 bridgehead atoms. The second-order valence-corrected chi connectivity index (χ2v) is 9.74. The van der Waals surface area contributed by atoms with E-state index in [0.717, 1.165) is 18.7 Å². The van der Waals surface area contributed by atoms with Gasteiger partial charge in [-0.1, -0.05) is 13.3 Å². The predicted molar refractivity (Wildman–Crippen MR) is 155 cm³/mol. The van der Waals surface area contributed by atoms with Crippen LogP contribution in [-0.4, -0.2) is 61.8 Å². The fraction of sp³-hybridized carbons (Fsp3) is 0.367. The molecule has 0 saturated carbocycles. The molecule has 5 rings (SSSR count). The number of imidazole rings is 1. The highest BCUT2D eigenvalue weighted by Crippen LogP contribution is 2.39. The van der Waals surface area contributed by atoms with Crippen molar-refractivity contribution in [1.82, 2.24) is 29.8 Å². The number of hydrogen-bond donors (Lipinski definition) is 1. The summed E-state index contributed by atoms with van der Waals surface area (Å²) in [5.41, 5.74) is 2.05. The molecule has 1 aliphatic rings. The van der Waals surface area contributed by atoms with Gasteiger partial charge in [0, 0.05) is 42.7 Å². The summed E-state index contributed by atoms with van der Waals surface area (Å²) >= 11 is 0. The van der Waals surface area contributed by atoms with Gasteiger partial charge in [-0.2, -0.15) is 0 Å². The average Bonchev–Trinajstić information content (AvgIpc) is 3.77. The van der Waals surface area contributed by atoms with E-state index in [9.17, 15) is 9.90 Å². The Kier molecular flexibility index (Phi) is 9.08. The van der Waals surface area contributed by atoms with Crippen molar-refractivity contribution in [1.29, 1.82) is 0 Å². The Morgan fingerprint density at radius 1 is 1.07 bits per heavy atom. The van der Waals surface area contributed by atoms with Crippen molar-refractivity contribution in [3.63, 3.8) is 0 Å². The molecule has 2 aromatic heterocycles. The summed E-state index contributed by atoms with van der Waals surface area (Å²) in [6.45, 7) is 4.87. The van der Waals surface area contributed by atoms with E-state index >= 15 is 0 Å². The first-order valence-corrected chi connectivity index (χ1v) is 14.0. The van der Waals surface area contributed by atoms with E-state index in [4.69, 9.17) is 28.7 Å².